The molecule has 0 saturated heterocycles. The molecule has 0 atom stereocenters. The molecule has 2 rings (SSSR count). The molecule has 1 N–H and O–H groups in total. The molecule has 0 spiro atoms. The summed E-state index contributed by atoms with van der Waals surface area (Å²) < 4.78 is 0. The zero-order valence-electron chi connectivity index (χ0n) is 12.4. The van der Waals surface area contributed by atoms with E-state index in [2.05, 4.69) is 12.2 Å². The van der Waals surface area contributed by atoms with Gasteiger partial charge in [0.1, 0.15) is 0 Å². The maximum atomic E-state index is 12.1. The minimum Gasteiger partial charge on any atom is -0.326 e. The van der Waals surface area contributed by atoms with Crippen LogP contribution in [0.5, 0.6) is 0 Å². The molecule has 2 aromatic carbocycles. The summed E-state index contributed by atoms with van der Waals surface area (Å²) in [6.45, 7) is 2.09. The number of carbonyl (C=O) groups excluding carboxylic acids is 1. The molecule has 2 aromatic rings. The lowest BCUT2D eigenvalue weighted by atomic mass is 10.1. The van der Waals surface area contributed by atoms with Crippen LogP contribution in [-0.4, -0.2) is 10.8 Å². The van der Waals surface area contributed by atoms with Crippen LogP contribution >= 0.6 is 0 Å². The Labute approximate surface area is 129 Å². The fraction of sp³-hybridized carbons (Fsp3) is 0.235. The van der Waals surface area contributed by atoms with Crippen molar-refractivity contribution in [3.63, 3.8) is 0 Å². The monoisotopic (exact) mass is 298 g/mol. The van der Waals surface area contributed by atoms with Crippen LogP contribution in [0.15, 0.2) is 48.5 Å². The fourth-order valence-electron chi connectivity index (χ4n) is 2.24. The molecule has 0 bridgehead atoms. The number of rotatable bonds is 6. The smallest absolute Gasteiger partial charge is 0.269 e. The number of nitro benzene ring substituents is 1. The summed E-state index contributed by atoms with van der Waals surface area (Å²) in [5, 5.41) is 13.5. The predicted molar refractivity (Wildman–Crippen MR) is 85.9 cm³/mol. The predicted octanol–water partition coefficient (Wildman–Crippen LogP) is 3.73. The zero-order valence-corrected chi connectivity index (χ0v) is 12.4. The summed E-state index contributed by atoms with van der Waals surface area (Å²) in [4.78, 5) is 22.3. The molecular weight excluding hydrogens is 280 g/mol. The SMILES string of the molecule is CCCc1ccccc1NC(=O)Cc1ccc([N+](=O)[O-])cc1. The van der Waals surface area contributed by atoms with Gasteiger partial charge in [0, 0.05) is 17.8 Å². The first-order valence-electron chi connectivity index (χ1n) is 7.21. The van der Waals surface area contributed by atoms with Gasteiger partial charge >= 0.3 is 0 Å². The van der Waals surface area contributed by atoms with Crippen molar-refractivity contribution in [2.24, 2.45) is 0 Å². The first kappa shape index (κ1) is 15.7. The zero-order chi connectivity index (χ0) is 15.9. The van der Waals surface area contributed by atoms with Gasteiger partial charge in [-0.1, -0.05) is 43.7 Å². The first-order chi connectivity index (χ1) is 10.6. The molecule has 5 heteroatoms. The van der Waals surface area contributed by atoms with Gasteiger partial charge in [-0.25, -0.2) is 0 Å². The van der Waals surface area contributed by atoms with E-state index in [-0.39, 0.29) is 18.0 Å². The number of non-ortho nitro benzene ring substituents is 1. The summed E-state index contributed by atoms with van der Waals surface area (Å²) >= 11 is 0. The summed E-state index contributed by atoms with van der Waals surface area (Å²) in [7, 11) is 0. The fourth-order valence-corrected chi connectivity index (χ4v) is 2.24. The Morgan fingerprint density at radius 1 is 1.14 bits per heavy atom. The van der Waals surface area contributed by atoms with Gasteiger partial charge in [0.15, 0.2) is 0 Å². The van der Waals surface area contributed by atoms with Crippen LogP contribution in [0.1, 0.15) is 24.5 Å². The van der Waals surface area contributed by atoms with Crippen molar-refractivity contribution >= 4 is 17.3 Å². The molecule has 0 heterocycles. The number of hydrogen-bond donors (Lipinski definition) is 1. The van der Waals surface area contributed by atoms with Gasteiger partial charge in [0.05, 0.1) is 11.3 Å². The highest BCUT2D eigenvalue weighted by Crippen LogP contribution is 2.18. The molecule has 0 aromatic heterocycles. The number of hydrogen-bond acceptors (Lipinski definition) is 3. The standard InChI is InChI=1S/C17H18N2O3/c1-2-5-14-6-3-4-7-16(14)18-17(20)12-13-8-10-15(11-9-13)19(21)22/h3-4,6-11H,2,5,12H2,1H3,(H,18,20). The third-order valence-corrected chi connectivity index (χ3v) is 3.32. The largest absolute Gasteiger partial charge is 0.326 e. The molecule has 0 unspecified atom stereocenters. The van der Waals surface area contributed by atoms with Crippen molar-refractivity contribution in [3.05, 3.63) is 69.8 Å². The van der Waals surface area contributed by atoms with Gasteiger partial charge in [0.2, 0.25) is 5.91 Å². The number of benzene rings is 2. The molecular formula is C17H18N2O3. The quantitative estimate of drug-likeness (QED) is 0.652. The van der Waals surface area contributed by atoms with Gasteiger partial charge in [-0.15, -0.1) is 0 Å². The van der Waals surface area contributed by atoms with Gasteiger partial charge in [-0.05, 0) is 23.6 Å². The van der Waals surface area contributed by atoms with E-state index < -0.39 is 4.92 Å². The highest BCUT2D eigenvalue weighted by molar-refractivity contribution is 5.93. The van der Waals surface area contributed by atoms with Gasteiger partial charge < -0.3 is 5.32 Å². The molecule has 0 radical (unpaired) electrons. The second-order valence-electron chi connectivity index (χ2n) is 5.06. The molecule has 0 aliphatic heterocycles. The van der Waals surface area contributed by atoms with Crippen LogP contribution in [-0.2, 0) is 17.6 Å². The lowest BCUT2D eigenvalue weighted by molar-refractivity contribution is -0.384. The van der Waals surface area contributed by atoms with E-state index in [1.54, 1.807) is 12.1 Å². The maximum Gasteiger partial charge on any atom is 0.269 e. The lowest BCUT2D eigenvalue weighted by Crippen LogP contribution is -2.15. The van der Waals surface area contributed by atoms with E-state index in [1.807, 2.05) is 24.3 Å². The third kappa shape index (κ3) is 4.15. The molecule has 0 fully saturated rings. The van der Waals surface area contributed by atoms with Gasteiger partial charge in [-0.3, -0.25) is 14.9 Å². The molecule has 0 aliphatic rings. The highest BCUT2D eigenvalue weighted by atomic mass is 16.6. The van der Waals surface area contributed by atoms with E-state index >= 15 is 0 Å². The lowest BCUT2D eigenvalue weighted by Gasteiger charge is -2.10. The number of para-hydroxylation sites is 1. The number of nitro groups is 1. The normalized spacial score (nSPS) is 10.2. The van der Waals surface area contributed by atoms with E-state index in [9.17, 15) is 14.9 Å². The summed E-state index contributed by atoms with van der Waals surface area (Å²) in [6.07, 6.45) is 2.11. The summed E-state index contributed by atoms with van der Waals surface area (Å²) in [6, 6.07) is 13.8. The topological polar surface area (TPSA) is 72.2 Å². The van der Waals surface area contributed by atoms with Crippen LogP contribution in [0.2, 0.25) is 0 Å². The summed E-state index contributed by atoms with van der Waals surface area (Å²) in [5.74, 6) is -0.127. The number of amides is 1. The van der Waals surface area contributed by atoms with Crippen molar-refractivity contribution in [2.75, 3.05) is 5.32 Å². The highest BCUT2D eigenvalue weighted by Gasteiger charge is 2.09. The first-order valence-corrected chi connectivity index (χ1v) is 7.21. The minimum atomic E-state index is -0.454. The molecule has 114 valence electrons. The van der Waals surface area contributed by atoms with Crippen LogP contribution in [0.25, 0.3) is 0 Å². The number of aryl methyl sites for hydroxylation is 1. The molecule has 22 heavy (non-hydrogen) atoms. The Morgan fingerprint density at radius 2 is 1.82 bits per heavy atom. The Bertz CT molecular complexity index is 666. The average Bonchev–Trinajstić information content (AvgIpc) is 2.50. The van der Waals surface area contributed by atoms with Crippen LogP contribution in [0.4, 0.5) is 11.4 Å². The second-order valence-corrected chi connectivity index (χ2v) is 5.06. The Balaban J connectivity index is 2.02. The maximum absolute atomic E-state index is 12.1. The van der Waals surface area contributed by atoms with Crippen LogP contribution < -0.4 is 5.32 Å². The Hall–Kier alpha value is -2.69. The van der Waals surface area contributed by atoms with E-state index in [0.717, 1.165) is 29.7 Å². The van der Waals surface area contributed by atoms with E-state index in [0.29, 0.717) is 0 Å². The third-order valence-electron chi connectivity index (χ3n) is 3.32. The number of nitrogens with zero attached hydrogens (tertiary/aromatic N) is 1. The molecule has 1 amide bonds. The second kappa shape index (κ2) is 7.36. The van der Waals surface area contributed by atoms with Gasteiger partial charge in [0.25, 0.3) is 5.69 Å². The van der Waals surface area contributed by atoms with Crippen LogP contribution in [0, 0.1) is 10.1 Å². The van der Waals surface area contributed by atoms with Crippen molar-refractivity contribution in [2.45, 2.75) is 26.2 Å². The number of carbonyl (C=O) groups is 1. The van der Waals surface area contributed by atoms with Crippen molar-refractivity contribution < 1.29 is 9.72 Å². The van der Waals surface area contributed by atoms with Gasteiger partial charge in [-0.2, -0.15) is 0 Å². The van der Waals surface area contributed by atoms with Crippen molar-refractivity contribution in [1.29, 1.82) is 0 Å². The number of nitrogens with one attached hydrogen (secondary N) is 1. The van der Waals surface area contributed by atoms with E-state index in [4.69, 9.17) is 0 Å². The van der Waals surface area contributed by atoms with Crippen molar-refractivity contribution in [3.8, 4) is 0 Å². The molecule has 0 saturated carbocycles. The van der Waals surface area contributed by atoms with Crippen LogP contribution in [0.3, 0.4) is 0 Å². The molecule has 0 aliphatic carbocycles. The average molecular weight is 298 g/mol. The molecule has 5 nitrogen and oxygen atoms in total. The minimum absolute atomic E-state index is 0.0254. The Morgan fingerprint density at radius 3 is 2.45 bits per heavy atom. The van der Waals surface area contributed by atoms with Crippen molar-refractivity contribution in [1.82, 2.24) is 0 Å². The Kier molecular flexibility index (Phi) is 5.25. The summed E-state index contributed by atoms with van der Waals surface area (Å²) in [5.41, 5.74) is 2.71. The van der Waals surface area contributed by atoms with E-state index in [1.165, 1.54) is 12.1 Å². The number of anilines is 1.